The number of hydrogen-bond donors (Lipinski definition) is 1. The minimum Gasteiger partial charge on any atom is -0.457 e. The van der Waals surface area contributed by atoms with Gasteiger partial charge in [-0.2, -0.15) is 0 Å². The smallest absolute Gasteiger partial charge is 0.270 e. The van der Waals surface area contributed by atoms with Crippen LogP contribution in [0.4, 0.5) is 10.1 Å². The van der Waals surface area contributed by atoms with E-state index in [1.807, 2.05) is 30.3 Å². The Morgan fingerprint density at radius 2 is 1.65 bits per heavy atom. The lowest BCUT2D eigenvalue weighted by atomic mass is 10.0. The number of benzene rings is 3. The quantitative estimate of drug-likeness (QED) is 0.367. The van der Waals surface area contributed by atoms with Gasteiger partial charge in [0.25, 0.3) is 11.8 Å². The van der Waals surface area contributed by atoms with Gasteiger partial charge in [-0.1, -0.05) is 24.3 Å². The van der Waals surface area contributed by atoms with Crippen LogP contribution in [-0.4, -0.2) is 16.9 Å². The number of halogens is 1. The molecule has 0 atom stereocenters. The Labute approximate surface area is 183 Å². The third kappa shape index (κ3) is 4.36. The number of anilines is 1. The van der Waals surface area contributed by atoms with Crippen LogP contribution < -0.4 is 15.0 Å². The SMILES string of the molecule is Cc1cc(C=C2C(=O)NC(=S)N(c3ccc(Oc4ccccc4)cc3)C2=O)ccc1F. The Kier molecular flexibility index (Phi) is 5.60. The maximum Gasteiger partial charge on any atom is 0.270 e. The van der Waals surface area contributed by atoms with Gasteiger partial charge in [-0.3, -0.25) is 19.8 Å². The van der Waals surface area contributed by atoms with Gasteiger partial charge in [-0.25, -0.2) is 4.39 Å². The highest BCUT2D eigenvalue weighted by Crippen LogP contribution is 2.27. The highest BCUT2D eigenvalue weighted by atomic mass is 32.1. The molecule has 0 saturated carbocycles. The van der Waals surface area contributed by atoms with Crippen molar-refractivity contribution in [3.8, 4) is 11.5 Å². The molecule has 1 aliphatic heterocycles. The van der Waals surface area contributed by atoms with Crippen LogP contribution in [-0.2, 0) is 9.59 Å². The van der Waals surface area contributed by atoms with Gasteiger partial charge in [-0.15, -0.1) is 0 Å². The van der Waals surface area contributed by atoms with Gasteiger partial charge >= 0.3 is 0 Å². The van der Waals surface area contributed by atoms with E-state index in [4.69, 9.17) is 17.0 Å². The molecule has 154 valence electrons. The van der Waals surface area contributed by atoms with Gasteiger partial charge in [0.1, 0.15) is 22.9 Å². The van der Waals surface area contributed by atoms with Crippen LogP contribution >= 0.6 is 12.2 Å². The van der Waals surface area contributed by atoms with Crippen molar-refractivity contribution in [3.63, 3.8) is 0 Å². The fourth-order valence-corrected chi connectivity index (χ4v) is 3.39. The second-order valence-corrected chi connectivity index (χ2v) is 7.26. The maximum absolute atomic E-state index is 13.5. The van der Waals surface area contributed by atoms with Crippen LogP contribution in [0.25, 0.3) is 6.08 Å². The van der Waals surface area contributed by atoms with E-state index < -0.39 is 11.8 Å². The van der Waals surface area contributed by atoms with Crippen LogP contribution in [0.2, 0.25) is 0 Å². The highest BCUT2D eigenvalue weighted by Gasteiger charge is 2.34. The van der Waals surface area contributed by atoms with Crippen LogP contribution in [0, 0.1) is 12.7 Å². The summed E-state index contributed by atoms with van der Waals surface area (Å²) in [6, 6.07) is 20.4. The normalized spacial score (nSPS) is 15.2. The highest BCUT2D eigenvalue weighted by molar-refractivity contribution is 7.80. The maximum atomic E-state index is 13.5. The number of carbonyl (C=O) groups excluding carboxylic acids is 2. The zero-order valence-corrected chi connectivity index (χ0v) is 17.3. The predicted octanol–water partition coefficient (Wildman–Crippen LogP) is 4.76. The first kappa shape index (κ1) is 20.4. The average Bonchev–Trinajstić information content (AvgIpc) is 2.75. The fraction of sp³-hybridized carbons (Fsp3) is 0.0417. The molecule has 1 fully saturated rings. The van der Waals surface area contributed by atoms with E-state index in [2.05, 4.69) is 5.32 Å². The molecule has 1 saturated heterocycles. The van der Waals surface area contributed by atoms with Gasteiger partial charge in [0.2, 0.25) is 0 Å². The Bertz CT molecular complexity index is 1210. The Hall–Kier alpha value is -3.84. The van der Waals surface area contributed by atoms with E-state index in [9.17, 15) is 14.0 Å². The Balaban J connectivity index is 1.61. The number of carbonyl (C=O) groups is 2. The number of rotatable bonds is 4. The zero-order valence-electron chi connectivity index (χ0n) is 16.5. The summed E-state index contributed by atoms with van der Waals surface area (Å²) in [5.74, 6) is -0.245. The first-order chi connectivity index (χ1) is 14.9. The minimum atomic E-state index is -0.600. The Morgan fingerprint density at radius 1 is 0.968 bits per heavy atom. The molecule has 31 heavy (non-hydrogen) atoms. The molecule has 2 amide bonds. The molecule has 0 aliphatic carbocycles. The van der Waals surface area contributed by atoms with Crippen molar-refractivity contribution in [2.24, 2.45) is 0 Å². The summed E-state index contributed by atoms with van der Waals surface area (Å²) in [6.07, 6.45) is 1.42. The summed E-state index contributed by atoms with van der Waals surface area (Å²) < 4.78 is 19.3. The molecule has 0 spiro atoms. The summed E-state index contributed by atoms with van der Waals surface area (Å²) in [5, 5.41) is 2.52. The van der Waals surface area contributed by atoms with Crippen LogP contribution in [0.3, 0.4) is 0 Å². The fourth-order valence-electron chi connectivity index (χ4n) is 3.10. The number of nitrogens with one attached hydrogen (secondary N) is 1. The van der Waals surface area contributed by atoms with Gasteiger partial charge in [0.15, 0.2) is 5.11 Å². The molecule has 1 N–H and O–H groups in total. The van der Waals surface area contributed by atoms with Crippen molar-refractivity contribution in [1.29, 1.82) is 0 Å². The lowest BCUT2D eigenvalue weighted by Crippen LogP contribution is -2.54. The van der Waals surface area contributed by atoms with E-state index in [1.54, 1.807) is 37.3 Å². The molecule has 0 aromatic heterocycles. The predicted molar refractivity (Wildman–Crippen MR) is 120 cm³/mol. The van der Waals surface area contributed by atoms with Crippen molar-refractivity contribution in [3.05, 3.63) is 95.3 Å². The molecule has 0 unspecified atom stereocenters. The number of aryl methyl sites for hydroxylation is 1. The lowest BCUT2D eigenvalue weighted by Gasteiger charge is -2.29. The molecule has 7 heteroatoms. The van der Waals surface area contributed by atoms with Crippen LogP contribution in [0.5, 0.6) is 11.5 Å². The van der Waals surface area contributed by atoms with Crippen molar-refractivity contribution in [2.45, 2.75) is 6.92 Å². The molecule has 3 aromatic rings. The molecular formula is C24H17FN2O3S. The minimum absolute atomic E-state index is 0.0147. The number of ether oxygens (including phenoxy) is 1. The van der Waals surface area contributed by atoms with Gasteiger partial charge in [0.05, 0.1) is 5.69 Å². The number of thiocarbonyl (C=S) groups is 1. The van der Waals surface area contributed by atoms with E-state index in [0.29, 0.717) is 28.3 Å². The van der Waals surface area contributed by atoms with Crippen molar-refractivity contribution >= 4 is 40.9 Å². The zero-order chi connectivity index (χ0) is 22.0. The summed E-state index contributed by atoms with van der Waals surface area (Å²) in [6.45, 7) is 1.61. The first-order valence-corrected chi connectivity index (χ1v) is 9.84. The average molecular weight is 432 g/mol. The van der Waals surface area contributed by atoms with Crippen molar-refractivity contribution < 1.29 is 18.7 Å². The van der Waals surface area contributed by atoms with Crippen molar-refractivity contribution in [1.82, 2.24) is 5.32 Å². The topological polar surface area (TPSA) is 58.6 Å². The van der Waals surface area contributed by atoms with Crippen LogP contribution in [0.1, 0.15) is 11.1 Å². The van der Waals surface area contributed by atoms with E-state index >= 15 is 0 Å². The molecule has 3 aromatic carbocycles. The number of hydrogen-bond acceptors (Lipinski definition) is 4. The third-order valence-corrected chi connectivity index (χ3v) is 4.95. The lowest BCUT2D eigenvalue weighted by molar-refractivity contribution is -0.122. The molecular weight excluding hydrogens is 415 g/mol. The van der Waals surface area contributed by atoms with Gasteiger partial charge in [-0.05, 0) is 84.9 Å². The van der Waals surface area contributed by atoms with E-state index in [1.165, 1.54) is 23.1 Å². The van der Waals surface area contributed by atoms with Crippen LogP contribution in [0.15, 0.2) is 78.4 Å². The van der Waals surface area contributed by atoms with E-state index in [0.717, 1.165) is 0 Å². The van der Waals surface area contributed by atoms with Gasteiger partial charge < -0.3 is 4.74 Å². The molecule has 1 heterocycles. The monoisotopic (exact) mass is 432 g/mol. The molecule has 0 bridgehead atoms. The molecule has 0 radical (unpaired) electrons. The molecule has 5 nitrogen and oxygen atoms in total. The van der Waals surface area contributed by atoms with Gasteiger partial charge in [0, 0.05) is 0 Å². The van der Waals surface area contributed by atoms with E-state index in [-0.39, 0.29) is 16.5 Å². The summed E-state index contributed by atoms with van der Waals surface area (Å²) in [7, 11) is 0. The second kappa shape index (κ2) is 8.49. The number of nitrogens with zero attached hydrogens (tertiary/aromatic N) is 1. The summed E-state index contributed by atoms with van der Waals surface area (Å²) in [4.78, 5) is 26.7. The molecule has 1 aliphatic rings. The van der Waals surface area contributed by atoms with Crippen molar-refractivity contribution in [2.75, 3.05) is 4.90 Å². The second-order valence-electron chi connectivity index (χ2n) is 6.88. The summed E-state index contributed by atoms with van der Waals surface area (Å²) in [5.41, 5.74) is 1.34. The molecule has 4 rings (SSSR count). The number of para-hydroxylation sites is 1. The number of amides is 2. The first-order valence-electron chi connectivity index (χ1n) is 9.43. The summed E-state index contributed by atoms with van der Waals surface area (Å²) >= 11 is 5.22. The standard InChI is InChI=1S/C24H17FN2O3S/c1-15-13-16(7-12-21(15)25)14-20-22(28)26-24(31)27(23(20)29)17-8-10-19(11-9-17)30-18-5-3-2-4-6-18/h2-14H,1H3,(H,26,28,31). The Morgan fingerprint density at radius 3 is 2.32 bits per heavy atom. The third-order valence-electron chi connectivity index (χ3n) is 4.67. The largest absolute Gasteiger partial charge is 0.457 e.